The lowest BCUT2D eigenvalue weighted by atomic mass is 10.0. The van der Waals surface area contributed by atoms with Crippen LogP contribution in [0.5, 0.6) is 0 Å². The van der Waals surface area contributed by atoms with Crippen molar-refractivity contribution in [3.05, 3.63) is 82.3 Å². The van der Waals surface area contributed by atoms with E-state index >= 15 is 0 Å². The van der Waals surface area contributed by atoms with Gasteiger partial charge in [0.25, 0.3) is 5.91 Å². The molecule has 2 aromatic carbocycles. The lowest BCUT2D eigenvalue weighted by Gasteiger charge is -2.18. The molecular formula is C22H18FNO4. The van der Waals surface area contributed by atoms with Crippen LogP contribution in [-0.4, -0.2) is 24.8 Å². The number of Topliss-reactive ketones (excluding diaryl/α,β-unsaturated/α-hetero) is 1. The van der Waals surface area contributed by atoms with Crippen LogP contribution >= 0.6 is 0 Å². The first-order valence-electron chi connectivity index (χ1n) is 8.55. The maximum Gasteiger partial charge on any atom is 0.340 e. The van der Waals surface area contributed by atoms with Gasteiger partial charge in [-0.1, -0.05) is 24.3 Å². The summed E-state index contributed by atoms with van der Waals surface area (Å²) in [5.41, 5.74) is 2.16. The molecule has 0 bridgehead atoms. The zero-order valence-corrected chi connectivity index (χ0v) is 15.7. The molecule has 28 heavy (non-hydrogen) atoms. The maximum atomic E-state index is 13.2. The number of carbonyl (C=O) groups is 3. The second-order valence-corrected chi connectivity index (χ2v) is 6.31. The van der Waals surface area contributed by atoms with E-state index in [9.17, 15) is 18.8 Å². The number of methoxy groups -OCH3 is 1. The first-order valence-corrected chi connectivity index (χ1v) is 8.55. The van der Waals surface area contributed by atoms with Gasteiger partial charge in [-0.2, -0.15) is 0 Å². The van der Waals surface area contributed by atoms with Crippen LogP contribution in [0.2, 0.25) is 0 Å². The highest BCUT2D eigenvalue weighted by Gasteiger charge is 2.38. The normalized spacial score (nSPS) is 15.4. The van der Waals surface area contributed by atoms with E-state index < -0.39 is 17.7 Å². The van der Waals surface area contributed by atoms with Crippen LogP contribution in [0.4, 0.5) is 10.1 Å². The van der Waals surface area contributed by atoms with E-state index in [2.05, 4.69) is 0 Å². The predicted octanol–water partition coefficient (Wildman–Crippen LogP) is 3.91. The van der Waals surface area contributed by atoms with E-state index in [1.165, 1.54) is 49.3 Å². The van der Waals surface area contributed by atoms with Crippen LogP contribution in [-0.2, 0) is 14.3 Å². The van der Waals surface area contributed by atoms with Crippen LogP contribution < -0.4 is 4.90 Å². The van der Waals surface area contributed by atoms with Crippen molar-refractivity contribution in [1.29, 1.82) is 0 Å². The molecule has 0 saturated heterocycles. The molecule has 1 aliphatic rings. The Balaban J connectivity index is 2.14. The van der Waals surface area contributed by atoms with Crippen LogP contribution in [0.1, 0.15) is 29.8 Å². The first kappa shape index (κ1) is 19.2. The number of hydrogen-bond donors (Lipinski definition) is 0. The van der Waals surface area contributed by atoms with Crippen molar-refractivity contribution >= 4 is 29.4 Å². The SMILES string of the molecule is COC(=O)C1=C(C)N(c2cccc(C(C)=O)c2)C(=O)C1=Cc1ccc(F)cc1. The third-order valence-corrected chi connectivity index (χ3v) is 4.48. The number of nitrogens with zero attached hydrogens (tertiary/aromatic N) is 1. The molecule has 6 heteroatoms. The molecule has 0 unspecified atom stereocenters. The zero-order chi connectivity index (χ0) is 20.4. The number of carbonyl (C=O) groups excluding carboxylic acids is 3. The average Bonchev–Trinajstić information content (AvgIpc) is 2.93. The Bertz CT molecular complexity index is 1030. The van der Waals surface area contributed by atoms with Crippen molar-refractivity contribution in [3.63, 3.8) is 0 Å². The molecule has 0 aromatic heterocycles. The molecule has 3 rings (SSSR count). The molecular weight excluding hydrogens is 361 g/mol. The number of rotatable bonds is 4. The van der Waals surface area contributed by atoms with Gasteiger partial charge >= 0.3 is 5.97 Å². The Morgan fingerprint density at radius 3 is 2.39 bits per heavy atom. The number of amides is 1. The summed E-state index contributed by atoms with van der Waals surface area (Å²) in [5, 5.41) is 0. The summed E-state index contributed by atoms with van der Waals surface area (Å²) in [5.74, 6) is -1.61. The average molecular weight is 379 g/mol. The summed E-state index contributed by atoms with van der Waals surface area (Å²) in [7, 11) is 1.24. The molecule has 142 valence electrons. The number of allylic oxidation sites excluding steroid dienone is 1. The van der Waals surface area contributed by atoms with Gasteiger partial charge in [0.2, 0.25) is 0 Å². The van der Waals surface area contributed by atoms with Gasteiger partial charge in [-0.3, -0.25) is 14.5 Å². The van der Waals surface area contributed by atoms with Gasteiger partial charge < -0.3 is 4.74 Å². The number of ether oxygens (including phenoxy) is 1. The predicted molar refractivity (Wildman–Crippen MR) is 103 cm³/mol. The minimum Gasteiger partial charge on any atom is -0.465 e. The fourth-order valence-corrected chi connectivity index (χ4v) is 3.08. The molecule has 0 aliphatic carbocycles. The van der Waals surface area contributed by atoms with Crippen LogP contribution in [0, 0.1) is 5.82 Å². The molecule has 2 aromatic rings. The summed E-state index contributed by atoms with van der Waals surface area (Å²) in [6, 6.07) is 12.2. The summed E-state index contributed by atoms with van der Waals surface area (Å²) >= 11 is 0. The fraction of sp³-hybridized carbons (Fsp3) is 0.136. The van der Waals surface area contributed by atoms with Gasteiger partial charge in [-0.05, 0) is 49.8 Å². The second-order valence-electron chi connectivity index (χ2n) is 6.31. The molecule has 1 amide bonds. The van der Waals surface area contributed by atoms with Crippen molar-refractivity contribution < 1.29 is 23.5 Å². The molecule has 1 aliphatic heterocycles. The zero-order valence-electron chi connectivity index (χ0n) is 15.7. The summed E-state index contributed by atoms with van der Waals surface area (Å²) in [4.78, 5) is 38.6. The largest absolute Gasteiger partial charge is 0.465 e. The third-order valence-electron chi connectivity index (χ3n) is 4.48. The molecule has 1 heterocycles. The van der Waals surface area contributed by atoms with Crippen LogP contribution in [0.3, 0.4) is 0 Å². The molecule has 0 atom stereocenters. The van der Waals surface area contributed by atoms with Gasteiger partial charge in [0.05, 0.1) is 18.3 Å². The number of anilines is 1. The van der Waals surface area contributed by atoms with Gasteiger partial charge in [0.15, 0.2) is 5.78 Å². The standard InChI is InChI=1S/C22H18FNO4/c1-13-20(22(27)28-3)19(11-15-7-9-17(23)10-8-15)21(26)24(13)18-6-4-5-16(12-18)14(2)25/h4-12H,1-3H3. The Labute approximate surface area is 161 Å². The van der Waals surface area contributed by atoms with Gasteiger partial charge in [-0.15, -0.1) is 0 Å². The van der Waals surface area contributed by atoms with Crippen molar-refractivity contribution in [2.24, 2.45) is 0 Å². The van der Waals surface area contributed by atoms with E-state index in [1.54, 1.807) is 31.2 Å². The number of benzene rings is 2. The van der Waals surface area contributed by atoms with E-state index in [4.69, 9.17) is 4.74 Å². The molecule has 0 saturated carbocycles. The number of hydrogen-bond acceptors (Lipinski definition) is 4. The van der Waals surface area contributed by atoms with Crippen molar-refractivity contribution in [1.82, 2.24) is 0 Å². The van der Waals surface area contributed by atoms with Gasteiger partial charge in [0.1, 0.15) is 5.82 Å². The highest BCUT2D eigenvalue weighted by molar-refractivity contribution is 6.24. The number of halogens is 1. The number of ketones is 1. The first-order chi connectivity index (χ1) is 13.3. The van der Waals surface area contributed by atoms with Crippen LogP contribution in [0.25, 0.3) is 6.08 Å². The van der Waals surface area contributed by atoms with E-state index in [1.807, 2.05) is 0 Å². The van der Waals surface area contributed by atoms with E-state index in [-0.39, 0.29) is 16.9 Å². The molecule has 5 nitrogen and oxygen atoms in total. The fourth-order valence-electron chi connectivity index (χ4n) is 3.08. The second kappa shape index (κ2) is 7.60. The van der Waals surface area contributed by atoms with E-state index in [0.29, 0.717) is 22.5 Å². The topological polar surface area (TPSA) is 63.7 Å². The lowest BCUT2D eigenvalue weighted by Crippen LogP contribution is -2.24. The Morgan fingerprint density at radius 2 is 1.79 bits per heavy atom. The number of esters is 1. The van der Waals surface area contributed by atoms with Crippen LogP contribution in [0.15, 0.2) is 65.4 Å². The summed E-state index contributed by atoms with van der Waals surface area (Å²) in [6.07, 6.45) is 1.52. The Kier molecular flexibility index (Phi) is 5.22. The van der Waals surface area contributed by atoms with Crippen molar-refractivity contribution in [2.75, 3.05) is 12.0 Å². The Hall–Kier alpha value is -3.54. The van der Waals surface area contributed by atoms with Gasteiger partial charge in [-0.25, -0.2) is 9.18 Å². The highest BCUT2D eigenvalue weighted by Crippen LogP contribution is 2.35. The lowest BCUT2D eigenvalue weighted by molar-refractivity contribution is -0.136. The van der Waals surface area contributed by atoms with Gasteiger partial charge in [0, 0.05) is 16.9 Å². The minimum absolute atomic E-state index is 0.130. The quantitative estimate of drug-likeness (QED) is 0.459. The molecule has 0 spiro atoms. The monoisotopic (exact) mass is 379 g/mol. The summed E-state index contributed by atoms with van der Waals surface area (Å²) in [6.45, 7) is 3.07. The summed E-state index contributed by atoms with van der Waals surface area (Å²) < 4.78 is 18.0. The van der Waals surface area contributed by atoms with Crippen molar-refractivity contribution in [3.8, 4) is 0 Å². The Morgan fingerprint density at radius 1 is 1.11 bits per heavy atom. The molecule has 0 N–H and O–H groups in total. The highest BCUT2D eigenvalue weighted by atomic mass is 19.1. The third kappa shape index (κ3) is 3.49. The van der Waals surface area contributed by atoms with Crippen molar-refractivity contribution in [2.45, 2.75) is 13.8 Å². The molecule has 0 radical (unpaired) electrons. The smallest absolute Gasteiger partial charge is 0.340 e. The molecule has 0 fully saturated rings. The maximum absolute atomic E-state index is 13.2. The van der Waals surface area contributed by atoms with E-state index in [0.717, 1.165) is 0 Å². The minimum atomic E-state index is -0.649.